The van der Waals surface area contributed by atoms with Crippen molar-refractivity contribution < 1.29 is 9.84 Å². The highest BCUT2D eigenvalue weighted by molar-refractivity contribution is 5.29. The van der Waals surface area contributed by atoms with Crippen molar-refractivity contribution in [1.29, 1.82) is 0 Å². The molecule has 1 aromatic heterocycles. The molecule has 1 aromatic rings. The number of hydrogen-bond donors (Lipinski definition) is 1. The molecule has 0 amide bonds. The summed E-state index contributed by atoms with van der Waals surface area (Å²) in [6, 6.07) is 0.406. The first-order chi connectivity index (χ1) is 11.1. The minimum Gasteiger partial charge on any atom is -0.390 e. The van der Waals surface area contributed by atoms with Gasteiger partial charge < -0.3 is 9.84 Å². The molecule has 0 unspecified atom stereocenters. The van der Waals surface area contributed by atoms with Crippen LogP contribution in [0.4, 0.5) is 0 Å². The zero-order chi connectivity index (χ0) is 16.4. The van der Waals surface area contributed by atoms with E-state index in [1.54, 1.807) is 0 Å². The molecule has 23 heavy (non-hydrogen) atoms. The van der Waals surface area contributed by atoms with Crippen molar-refractivity contribution in [2.24, 2.45) is 7.05 Å². The van der Waals surface area contributed by atoms with Gasteiger partial charge in [0.05, 0.1) is 25.0 Å². The maximum atomic E-state index is 10.5. The fourth-order valence-electron chi connectivity index (χ4n) is 4.05. The molecule has 2 atom stereocenters. The summed E-state index contributed by atoms with van der Waals surface area (Å²) in [5, 5.41) is 15.1. The molecule has 3 heterocycles. The smallest absolute Gasteiger partial charge is 0.0794 e. The largest absolute Gasteiger partial charge is 0.390 e. The Bertz CT molecular complexity index is 525. The zero-order valence-corrected chi connectivity index (χ0v) is 14.7. The zero-order valence-electron chi connectivity index (χ0n) is 14.7. The third-order valence-electron chi connectivity index (χ3n) is 5.28. The predicted molar refractivity (Wildman–Crippen MR) is 89.5 cm³/mol. The third-order valence-corrected chi connectivity index (χ3v) is 5.28. The second kappa shape index (κ2) is 7.30. The highest BCUT2D eigenvalue weighted by atomic mass is 16.5. The lowest BCUT2D eigenvalue weighted by molar-refractivity contribution is 0.00581. The van der Waals surface area contributed by atoms with Crippen LogP contribution in [0.2, 0.25) is 0 Å². The van der Waals surface area contributed by atoms with E-state index in [4.69, 9.17) is 4.74 Å². The molecular weight excluding hydrogens is 292 g/mol. The van der Waals surface area contributed by atoms with Crippen LogP contribution in [0.5, 0.6) is 0 Å². The summed E-state index contributed by atoms with van der Waals surface area (Å²) in [6.07, 6.45) is 2.06. The predicted octanol–water partition coefficient (Wildman–Crippen LogP) is 0.867. The second-order valence-corrected chi connectivity index (χ2v) is 6.93. The number of rotatable bonds is 5. The molecule has 2 fully saturated rings. The molecule has 0 saturated carbocycles. The second-order valence-electron chi connectivity index (χ2n) is 6.93. The number of morpholine rings is 1. The van der Waals surface area contributed by atoms with Crippen molar-refractivity contribution in [3.05, 3.63) is 17.0 Å². The number of β-amino-alcohol motifs (C(OH)–C–C–N with tert-alkyl or cyclic N) is 1. The van der Waals surface area contributed by atoms with E-state index in [2.05, 4.69) is 28.7 Å². The molecule has 0 aromatic carbocycles. The van der Waals surface area contributed by atoms with E-state index in [0.29, 0.717) is 6.04 Å². The normalized spacial score (nSPS) is 25.1. The number of nitrogens with zero attached hydrogens (tertiary/aromatic N) is 4. The number of likely N-dealkylation sites (tertiary alicyclic amines) is 1. The number of aliphatic hydroxyl groups is 1. The van der Waals surface area contributed by atoms with Crippen LogP contribution in [-0.4, -0.2) is 76.7 Å². The Morgan fingerprint density at radius 2 is 1.96 bits per heavy atom. The maximum Gasteiger partial charge on any atom is 0.0794 e. The van der Waals surface area contributed by atoms with Crippen LogP contribution in [0.25, 0.3) is 0 Å². The molecule has 2 saturated heterocycles. The Labute approximate surface area is 139 Å². The molecule has 0 aliphatic carbocycles. The van der Waals surface area contributed by atoms with E-state index >= 15 is 0 Å². The van der Waals surface area contributed by atoms with Gasteiger partial charge in [-0.05, 0) is 33.2 Å². The topological polar surface area (TPSA) is 53.8 Å². The van der Waals surface area contributed by atoms with Gasteiger partial charge in [-0.3, -0.25) is 14.5 Å². The number of aromatic nitrogens is 2. The van der Waals surface area contributed by atoms with Gasteiger partial charge in [-0.15, -0.1) is 0 Å². The Hall–Kier alpha value is -0.950. The molecule has 0 bridgehead atoms. The minimum atomic E-state index is -0.300. The number of aliphatic hydroxyl groups excluding tert-OH is 1. The summed E-state index contributed by atoms with van der Waals surface area (Å²) in [5.74, 6) is 0. The van der Waals surface area contributed by atoms with Crippen LogP contribution in [0.3, 0.4) is 0 Å². The van der Waals surface area contributed by atoms with Crippen LogP contribution in [-0.2, 0) is 11.8 Å². The fourth-order valence-corrected chi connectivity index (χ4v) is 4.05. The van der Waals surface area contributed by atoms with Gasteiger partial charge in [-0.1, -0.05) is 0 Å². The van der Waals surface area contributed by atoms with Crippen molar-refractivity contribution in [2.45, 2.75) is 38.8 Å². The van der Waals surface area contributed by atoms with Crippen molar-refractivity contribution in [3.63, 3.8) is 0 Å². The highest BCUT2D eigenvalue weighted by Gasteiger charge is 2.31. The molecule has 1 N–H and O–H groups in total. The monoisotopic (exact) mass is 322 g/mol. The van der Waals surface area contributed by atoms with E-state index < -0.39 is 0 Å². The average Bonchev–Trinajstić information content (AvgIpc) is 3.05. The van der Waals surface area contributed by atoms with Crippen LogP contribution >= 0.6 is 0 Å². The van der Waals surface area contributed by atoms with Crippen molar-refractivity contribution in [2.75, 3.05) is 45.9 Å². The van der Waals surface area contributed by atoms with Crippen LogP contribution < -0.4 is 0 Å². The van der Waals surface area contributed by atoms with Gasteiger partial charge in [0.1, 0.15) is 0 Å². The third kappa shape index (κ3) is 3.76. The molecule has 3 rings (SSSR count). The summed E-state index contributed by atoms with van der Waals surface area (Å²) in [7, 11) is 2.01. The highest BCUT2D eigenvalue weighted by Crippen LogP contribution is 2.35. The lowest BCUT2D eigenvalue weighted by Crippen LogP contribution is -2.44. The van der Waals surface area contributed by atoms with Crippen molar-refractivity contribution in [1.82, 2.24) is 19.6 Å². The Morgan fingerprint density at radius 3 is 2.61 bits per heavy atom. The SMILES string of the molecule is Cc1nn(C)c(C)c1[C@@H]1CCCN1C[C@@H](O)CN1CCOCC1. The number of hydrogen-bond acceptors (Lipinski definition) is 5. The summed E-state index contributed by atoms with van der Waals surface area (Å²) in [6.45, 7) is 10.2. The van der Waals surface area contributed by atoms with Gasteiger partial charge in [0.25, 0.3) is 0 Å². The van der Waals surface area contributed by atoms with E-state index in [1.165, 1.54) is 17.7 Å². The Morgan fingerprint density at radius 1 is 1.22 bits per heavy atom. The van der Waals surface area contributed by atoms with Crippen LogP contribution in [0.15, 0.2) is 0 Å². The lowest BCUT2D eigenvalue weighted by Gasteiger charge is -2.32. The molecular formula is C17H30N4O2. The van der Waals surface area contributed by atoms with E-state index in [1.807, 2.05) is 11.7 Å². The van der Waals surface area contributed by atoms with E-state index in [-0.39, 0.29) is 6.10 Å². The van der Waals surface area contributed by atoms with Crippen LogP contribution in [0.1, 0.15) is 35.8 Å². The Balaban J connectivity index is 1.62. The van der Waals surface area contributed by atoms with Gasteiger partial charge in [0.15, 0.2) is 0 Å². The molecule has 2 aliphatic heterocycles. The number of ether oxygens (including phenoxy) is 1. The van der Waals surface area contributed by atoms with Gasteiger partial charge in [-0.2, -0.15) is 5.10 Å². The molecule has 0 spiro atoms. The summed E-state index contributed by atoms with van der Waals surface area (Å²) < 4.78 is 7.35. The molecule has 0 radical (unpaired) electrons. The van der Waals surface area contributed by atoms with Gasteiger partial charge >= 0.3 is 0 Å². The van der Waals surface area contributed by atoms with Gasteiger partial charge in [-0.25, -0.2) is 0 Å². The molecule has 130 valence electrons. The first-order valence-electron chi connectivity index (χ1n) is 8.78. The average molecular weight is 322 g/mol. The summed E-state index contributed by atoms with van der Waals surface area (Å²) in [4.78, 5) is 4.75. The lowest BCUT2D eigenvalue weighted by atomic mass is 10.0. The molecule has 6 nitrogen and oxygen atoms in total. The fraction of sp³-hybridized carbons (Fsp3) is 0.824. The van der Waals surface area contributed by atoms with E-state index in [0.717, 1.165) is 58.1 Å². The first-order valence-corrected chi connectivity index (χ1v) is 8.78. The van der Waals surface area contributed by atoms with E-state index in [9.17, 15) is 5.11 Å². The molecule has 6 heteroatoms. The Kier molecular flexibility index (Phi) is 5.36. The maximum absolute atomic E-state index is 10.5. The standard InChI is InChI=1S/C17H30N4O2/c1-13-17(14(2)19(3)18-13)16-5-4-6-21(16)12-15(22)11-20-7-9-23-10-8-20/h15-16,22H,4-12H2,1-3H3/t15-,16-/m0/s1. The van der Waals surface area contributed by atoms with Crippen molar-refractivity contribution in [3.8, 4) is 0 Å². The van der Waals surface area contributed by atoms with Crippen LogP contribution in [0, 0.1) is 13.8 Å². The number of aryl methyl sites for hydroxylation is 2. The first kappa shape index (κ1) is 16.9. The quantitative estimate of drug-likeness (QED) is 0.872. The minimum absolute atomic E-state index is 0.300. The van der Waals surface area contributed by atoms with Crippen molar-refractivity contribution >= 4 is 0 Å². The van der Waals surface area contributed by atoms with Gasteiger partial charge in [0, 0.05) is 50.5 Å². The summed E-state index contributed by atoms with van der Waals surface area (Å²) in [5.41, 5.74) is 3.75. The van der Waals surface area contributed by atoms with Gasteiger partial charge in [0.2, 0.25) is 0 Å². The summed E-state index contributed by atoms with van der Waals surface area (Å²) >= 11 is 0. The molecule has 2 aliphatic rings.